The molecule has 0 aliphatic carbocycles. The molecule has 0 atom stereocenters. The molecule has 3 heteroatoms. The maximum absolute atomic E-state index is 11.1. The van der Waals surface area contributed by atoms with E-state index in [0.717, 1.165) is 17.1 Å². The van der Waals surface area contributed by atoms with Gasteiger partial charge in [0.15, 0.2) is 0 Å². The molecule has 0 fully saturated rings. The van der Waals surface area contributed by atoms with E-state index in [1.165, 1.54) is 11.1 Å². The van der Waals surface area contributed by atoms with Gasteiger partial charge in [0, 0.05) is 11.5 Å². The van der Waals surface area contributed by atoms with Crippen LogP contribution in [-0.2, 0) is 11.5 Å². The van der Waals surface area contributed by atoms with Crippen LogP contribution in [0.3, 0.4) is 0 Å². The smallest absolute Gasteiger partial charge is 0.335 e. The molecule has 0 aromatic heterocycles. The molecular weight excluding hydrogens is 256 g/mol. The molecule has 0 amide bonds. The first-order valence-corrected chi connectivity index (χ1v) is 7.27. The molecule has 0 aliphatic heterocycles. The zero-order valence-corrected chi connectivity index (χ0v) is 11.6. The Hall–Kier alpha value is -1.74. The average molecular weight is 272 g/mol. The molecule has 19 heavy (non-hydrogen) atoms. The molecule has 0 radical (unpaired) electrons. The minimum absolute atomic E-state index is 0.402. The van der Waals surface area contributed by atoms with Gasteiger partial charge in [-0.05, 0) is 24.1 Å². The molecule has 2 aromatic rings. The summed E-state index contributed by atoms with van der Waals surface area (Å²) in [4.78, 5) is 11.1. The Bertz CT molecular complexity index is 578. The van der Waals surface area contributed by atoms with Crippen molar-refractivity contribution in [1.29, 1.82) is 0 Å². The maximum Gasteiger partial charge on any atom is 0.335 e. The second-order valence-corrected chi connectivity index (χ2v) is 5.43. The zero-order valence-electron chi connectivity index (χ0n) is 10.8. The van der Waals surface area contributed by atoms with Crippen LogP contribution in [0.1, 0.15) is 27.0 Å². The van der Waals surface area contributed by atoms with Gasteiger partial charge in [0.05, 0.1) is 5.56 Å². The Kier molecular flexibility index (Phi) is 4.63. The summed E-state index contributed by atoms with van der Waals surface area (Å²) in [6, 6.07) is 15.6. The fraction of sp³-hybridized carbons (Fsp3) is 0.188. The Labute approximate surface area is 117 Å². The molecule has 0 bridgehead atoms. The van der Waals surface area contributed by atoms with Crippen molar-refractivity contribution in [3.8, 4) is 0 Å². The highest BCUT2D eigenvalue weighted by Gasteiger charge is 2.08. The Morgan fingerprint density at radius 3 is 2.63 bits per heavy atom. The van der Waals surface area contributed by atoms with E-state index >= 15 is 0 Å². The third kappa shape index (κ3) is 3.86. The standard InChI is InChI=1S/C16H16O2S/c1-12-5-4-6-13(9-12)10-19-11-14-7-2-3-8-15(14)16(17)18/h2-9H,10-11H2,1H3,(H,17,18). The largest absolute Gasteiger partial charge is 0.478 e. The number of thioether (sulfide) groups is 1. The Balaban J connectivity index is 1.98. The van der Waals surface area contributed by atoms with Gasteiger partial charge in [-0.25, -0.2) is 4.79 Å². The second-order valence-electron chi connectivity index (χ2n) is 4.44. The minimum Gasteiger partial charge on any atom is -0.478 e. The molecule has 1 N–H and O–H groups in total. The van der Waals surface area contributed by atoms with Gasteiger partial charge in [-0.2, -0.15) is 11.8 Å². The van der Waals surface area contributed by atoms with Crippen molar-refractivity contribution in [3.05, 3.63) is 70.8 Å². The highest BCUT2D eigenvalue weighted by atomic mass is 32.2. The van der Waals surface area contributed by atoms with Gasteiger partial charge in [-0.3, -0.25) is 0 Å². The summed E-state index contributed by atoms with van der Waals surface area (Å²) in [6.45, 7) is 2.08. The molecule has 0 saturated heterocycles. The average Bonchev–Trinajstić information content (AvgIpc) is 2.39. The molecule has 0 saturated carbocycles. The van der Waals surface area contributed by atoms with E-state index in [-0.39, 0.29) is 0 Å². The number of hydrogen-bond donors (Lipinski definition) is 1. The molecule has 2 rings (SSSR count). The highest BCUT2D eigenvalue weighted by molar-refractivity contribution is 7.97. The zero-order chi connectivity index (χ0) is 13.7. The SMILES string of the molecule is Cc1cccc(CSCc2ccccc2C(=O)O)c1. The minimum atomic E-state index is -0.855. The molecule has 98 valence electrons. The summed E-state index contributed by atoms with van der Waals surface area (Å²) < 4.78 is 0. The summed E-state index contributed by atoms with van der Waals surface area (Å²) in [5, 5.41) is 9.11. The molecular formula is C16H16O2S. The van der Waals surface area contributed by atoms with E-state index in [2.05, 4.69) is 31.2 Å². The van der Waals surface area contributed by atoms with Gasteiger partial charge >= 0.3 is 5.97 Å². The summed E-state index contributed by atoms with van der Waals surface area (Å²) in [5.74, 6) is 0.762. The number of carbonyl (C=O) groups is 1. The first-order valence-electron chi connectivity index (χ1n) is 6.11. The molecule has 2 nitrogen and oxygen atoms in total. The topological polar surface area (TPSA) is 37.3 Å². The molecule has 0 spiro atoms. The summed E-state index contributed by atoms with van der Waals surface area (Å²) in [7, 11) is 0. The summed E-state index contributed by atoms with van der Waals surface area (Å²) in [5.41, 5.74) is 3.81. The first-order chi connectivity index (χ1) is 9.16. The summed E-state index contributed by atoms with van der Waals surface area (Å²) >= 11 is 1.74. The molecule has 2 aromatic carbocycles. The highest BCUT2D eigenvalue weighted by Crippen LogP contribution is 2.21. The number of carboxylic acid groups (broad SMARTS) is 1. The van der Waals surface area contributed by atoms with Gasteiger partial charge in [0.1, 0.15) is 0 Å². The predicted octanol–water partition coefficient (Wildman–Crippen LogP) is 4.13. The summed E-state index contributed by atoms with van der Waals surface area (Å²) in [6.07, 6.45) is 0. The molecule has 0 heterocycles. The lowest BCUT2D eigenvalue weighted by Gasteiger charge is -2.06. The predicted molar refractivity (Wildman–Crippen MR) is 79.6 cm³/mol. The van der Waals surface area contributed by atoms with E-state index in [1.54, 1.807) is 23.9 Å². The van der Waals surface area contributed by atoms with Crippen molar-refractivity contribution < 1.29 is 9.90 Å². The maximum atomic E-state index is 11.1. The van der Waals surface area contributed by atoms with Crippen LogP contribution in [0, 0.1) is 6.92 Å². The van der Waals surface area contributed by atoms with Crippen molar-refractivity contribution in [2.75, 3.05) is 0 Å². The van der Waals surface area contributed by atoms with Crippen molar-refractivity contribution in [3.63, 3.8) is 0 Å². The van der Waals surface area contributed by atoms with Gasteiger partial charge in [0.2, 0.25) is 0 Å². The van der Waals surface area contributed by atoms with Crippen LogP contribution in [0.5, 0.6) is 0 Å². The monoisotopic (exact) mass is 272 g/mol. The quantitative estimate of drug-likeness (QED) is 0.889. The van der Waals surface area contributed by atoms with Crippen LogP contribution >= 0.6 is 11.8 Å². The van der Waals surface area contributed by atoms with E-state index in [4.69, 9.17) is 5.11 Å². The number of aryl methyl sites for hydroxylation is 1. The lowest BCUT2D eigenvalue weighted by atomic mass is 10.1. The van der Waals surface area contributed by atoms with Crippen LogP contribution in [0.15, 0.2) is 48.5 Å². The Morgan fingerprint density at radius 2 is 1.89 bits per heavy atom. The number of hydrogen-bond acceptors (Lipinski definition) is 2. The number of carboxylic acids is 1. The first kappa shape index (κ1) is 13.7. The molecule has 0 aliphatic rings. The lowest BCUT2D eigenvalue weighted by molar-refractivity contribution is 0.0696. The van der Waals surface area contributed by atoms with Crippen LogP contribution in [0.2, 0.25) is 0 Å². The van der Waals surface area contributed by atoms with E-state index in [9.17, 15) is 4.79 Å². The van der Waals surface area contributed by atoms with Gasteiger partial charge in [-0.15, -0.1) is 0 Å². The van der Waals surface area contributed by atoms with Gasteiger partial charge in [-0.1, -0.05) is 48.0 Å². The van der Waals surface area contributed by atoms with Crippen LogP contribution < -0.4 is 0 Å². The third-order valence-electron chi connectivity index (χ3n) is 2.86. The van der Waals surface area contributed by atoms with Crippen molar-refractivity contribution in [2.24, 2.45) is 0 Å². The van der Waals surface area contributed by atoms with Crippen molar-refractivity contribution in [1.82, 2.24) is 0 Å². The van der Waals surface area contributed by atoms with Crippen molar-refractivity contribution >= 4 is 17.7 Å². The van der Waals surface area contributed by atoms with Crippen LogP contribution in [0.25, 0.3) is 0 Å². The van der Waals surface area contributed by atoms with Crippen molar-refractivity contribution in [2.45, 2.75) is 18.4 Å². The molecule has 0 unspecified atom stereocenters. The number of rotatable bonds is 5. The fourth-order valence-corrected chi connectivity index (χ4v) is 2.92. The number of aromatic carboxylic acids is 1. The second kappa shape index (κ2) is 6.43. The number of benzene rings is 2. The normalized spacial score (nSPS) is 10.4. The Morgan fingerprint density at radius 1 is 1.11 bits per heavy atom. The van der Waals surface area contributed by atoms with E-state index in [0.29, 0.717) is 5.56 Å². The lowest BCUT2D eigenvalue weighted by Crippen LogP contribution is -2.01. The third-order valence-corrected chi connectivity index (χ3v) is 3.91. The van der Waals surface area contributed by atoms with E-state index < -0.39 is 5.97 Å². The van der Waals surface area contributed by atoms with Gasteiger partial charge in [0.25, 0.3) is 0 Å². The van der Waals surface area contributed by atoms with Crippen LogP contribution in [-0.4, -0.2) is 11.1 Å². The fourth-order valence-electron chi connectivity index (χ4n) is 1.94. The van der Waals surface area contributed by atoms with E-state index in [1.807, 2.05) is 12.1 Å². The van der Waals surface area contributed by atoms with Gasteiger partial charge < -0.3 is 5.11 Å². The van der Waals surface area contributed by atoms with Crippen LogP contribution in [0.4, 0.5) is 0 Å².